The normalized spacial score (nSPS) is 15.2. The number of piperazine rings is 1. The number of rotatable bonds is 8. The van der Waals surface area contributed by atoms with Gasteiger partial charge in [-0.15, -0.1) is 11.3 Å². The van der Waals surface area contributed by atoms with Crippen LogP contribution in [0.4, 0.5) is 5.13 Å². The summed E-state index contributed by atoms with van der Waals surface area (Å²) in [6.07, 6.45) is 0.825. The monoisotopic (exact) mass is 567 g/mol. The second-order valence-corrected chi connectivity index (χ2v) is 14.8. The molecule has 3 aromatic rings. The van der Waals surface area contributed by atoms with Crippen LogP contribution in [0.3, 0.4) is 0 Å². The summed E-state index contributed by atoms with van der Waals surface area (Å²) in [5.74, 6) is 0.603. The van der Waals surface area contributed by atoms with E-state index in [1.54, 1.807) is 15.6 Å². The first-order valence-corrected chi connectivity index (χ1v) is 16.6. The minimum absolute atomic E-state index is 0.127. The fraction of sp³-hybridized carbons (Fsp3) is 0.531. The Balaban J connectivity index is 1.54. The number of aryl methyl sites for hydroxylation is 3. The minimum atomic E-state index is -3.62. The van der Waals surface area contributed by atoms with E-state index in [0.29, 0.717) is 37.0 Å². The van der Waals surface area contributed by atoms with Gasteiger partial charge in [0.25, 0.3) is 0 Å². The molecule has 0 bridgehead atoms. The van der Waals surface area contributed by atoms with E-state index in [2.05, 4.69) is 96.9 Å². The van der Waals surface area contributed by atoms with E-state index in [0.717, 1.165) is 28.4 Å². The summed E-state index contributed by atoms with van der Waals surface area (Å²) < 4.78 is 30.0. The van der Waals surface area contributed by atoms with Gasteiger partial charge in [0.05, 0.1) is 10.6 Å². The first-order chi connectivity index (χ1) is 18.3. The molecule has 2 heterocycles. The quantitative estimate of drug-likeness (QED) is 0.282. The summed E-state index contributed by atoms with van der Waals surface area (Å²) in [4.78, 5) is 7.73. The lowest BCUT2D eigenvalue weighted by atomic mass is 9.89. The maximum atomic E-state index is 14.2. The van der Waals surface area contributed by atoms with Crippen molar-refractivity contribution in [2.24, 2.45) is 0 Å². The highest BCUT2D eigenvalue weighted by molar-refractivity contribution is 7.89. The molecule has 2 aromatic carbocycles. The fourth-order valence-electron chi connectivity index (χ4n) is 5.63. The van der Waals surface area contributed by atoms with Gasteiger partial charge in [0.15, 0.2) is 5.13 Å². The summed E-state index contributed by atoms with van der Waals surface area (Å²) in [5.41, 5.74) is 9.43. The zero-order valence-corrected chi connectivity index (χ0v) is 26.8. The second-order valence-electron chi connectivity index (χ2n) is 12.1. The second kappa shape index (κ2) is 11.7. The van der Waals surface area contributed by atoms with Crippen LogP contribution in [0.1, 0.15) is 104 Å². The number of hydrogen-bond acceptors (Lipinski definition) is 5. The Morgan fingerprint density at radius 3 is 1.85 bits per heavy atom. The highest BCUT2D eigenvalue weighted by atomic mass is 32.2. The van der Waals surface area contributed by atoms with E-state index >= 15 is 0 Å². The van der Waals surface area contributed by atoms with Crippen molar-refractivity contribution in [1.82, 2.24) is 9.29 Å². The molecule has 7 heteroatoms. The Labute approximate surface area is 240 Å². The maximum absolute atomic E-state index is 14.2. The van der Waals surface area contributed by atoms with Gasteiger partial charge in [-0.3, -0.25) is 0 Å². The highest BCUT2D eigenvalue weighted by Gasteiger charge is 2.34. The third-order valence-electron chi connectivity index (χ3n) is 7.92. The molecule has 212 valence electrons. The number of hydrogen-bond donors (Lipinski definition) is 0. The minimum Gasteiger partial charge on any atom is -0.345 e. The number of aromatic nitrogens is 1. The van der Waals surface area contributed by atoms with E-state index in [9.17, 15) is 8.42 Å². The fourth-order valence-corrected chi connectivity index (χ4v) is 8.60. The molecule has 1 aliphatic rings. The third-order valence-corrected chi connectivity index (χ3v) is 10.9. The summed E-state index contributed by atoms with van der Waals surface area (Å²) in [5, 5.41) is 3.13. The maximum Gasteiger partial charge on any atom is 0.243 e. The lowest BCUT2D eigenvalue weighted by Gasteiger charge is -2.35. The van der Waals surface area contributed by atoms with Crippen LogP contribution in [0.2, 0.25) is 0 Å². The van der Waals surface area contributed by atoms with Crippen LogP contribution in [0.25, 0.3) is 0 Å². The number of nitrogens with zero attached hydrogens (tertiary/aromatic N) is 3. The molecule has 0 atom stereocenters. The van der Waals surface area contributed by atoms with Crippen molar-refractivity contribution in [3.63, 3.8) is 0 Å². The van der Waals surface area contributed by atoms with Crippen molar-refractivity contribution in [1.29, 1.82) is 0 Å². The average molecular weight is 568 g/mol. The van der Waals surface area contributed by atoms with Crippen LogP contribution in [-0.2, 0) is 16.4 Å². The van der Waals surface area contributed by atoms with Gasteiger partial charge >= 0.3 is 0 Å². The predicted molar refractivity (Wildman–Crippen MR) is 165 cm³/mol. The average Bonchev–Trinajstić information content (AvgIpc) is 3.34. The zero-order chi connectivity index (χ0) is 28.6. The molecular weight excluding hydrogens is 523 g/mol. The van der Waals surface area contributed by atoms with Gasteiger partial charge in [-0.2, -0.15) is 4.31 Å². The molecule has 1 aromatic heterocycles. The Morgan fingerprint density at radius 1 is 0.821 bits per heavy atom. The Kier molecular flexibility index (Phi) is 8.94. The van der Waals surface area contributed by atoms with Crippen molar-refractivity contribution in [2.75, 3.05) is 31.1 Å². The van der Waals surface area contributed by atoms with E-state index in [1.165, 1.54) is 27.8 Å². The Bertz CT molecular complexity index is 1380. The number of sulfonamides is 1. The Hall–Kier alpha value is -2.22. The largest absolute Gasteiger partial charge is 0.345 e. The first-order valence-electron chi connectivity index (χ1n) is 14.2. The van der Waals surface area contributed by atoms with Gasteiger partial charge in [-0.25, -0.2) is 13.4 Å². The molecule has 0 amide bonds. The third kappa shape index (κ3) is 6.26. The standard InChI is InChI=1S/C32H45N3O2S2/c1-20(2)26-16-28(21(3)4)31(29(17-26)22(5)6)39(36,37)35-12-10-34(11-13-35)32-33-27(19-38-32)18-30-24(8)14-23(7)15-25(30)9/h14-17,19-22H,10-13,18H2,1-9H3. The number of thiazole rings is 1. The molecule has 1 fully saturated rings. The predicted octanol–water partition coefficient (Wildman–Crippen LogP) is 7.54. The van der Waals surface area contributed by atoms with Gasteiger partial charge in [-0.05, 0) is 71.9 Å². The number of anilines is 1. The van der Waals surface area contributed by atoms with Gasteiger partial charge in [-0.1, -0.05) is 71.4 Å². The first kappa shape index (κ1) is 29.8. The van der Waals surface area contributed by atoms with Crippen LogP contribution in [-0.4, -0.2) is 43.9 Å². The Morgan fingerprint density at radius 2 is 1.36 bits per heavy atom. The molecule has 5 nitrogen and oxygen atoms in total. The van der Waals surface area contributed by atoms with Crippen molar-refractivity contribution in [2.45, 2.75) is 91.4 Å². The zero-order valence-electron chi connectivity index (χ0n) is 25.1. The molecule has 0 saturated carbocycles. The summed E-state index contributed by atoms with van der Waals surface area (Å²) in [6, 6.07) is 8.72. The van der Waals surface area contributed by atoms with E-state index in [-0.39, 0.29) is 11.8 Å². The van der Waals surface area contributed by atoms with E-state index in [4.69, 9.17) is 4.98 Å². The van der Waals surface area contributed by atoms with Crippen molar-refractivity contribution < 1.29 is 8.42 Å². The van der Waals surface area contributed by atoms with Crippen molar-refractivity contribution in [3.8, 4) is 0 Å². The molecule has 39 heavy (non-hydrogen) atoms. The van der Waals surface area contributed by atoms with E-state index < -0.39 is 10.0 Å². The SMILES string of the molecule is Cc1cc(C)c(Cc2csc(N3CCN(S(=O)(=O)c4c(C(C)C)cc(C(C)C)cc4C(C)C)CC3)n2)c(C)c1. The van der Waals surface area contributed by atoms with Crippen LogP contribution in [0.15, 0.2) is 34.5 Å². The van der Waals surface area contributed by atoms with Gasteiger partial charge in [0, 0.05) is 38.0 Å². The molecule has 1 aliphatic heterocycles. The molecule has 1 saturated heterocycles. The molecule has 0 aliphatic carbocycles. The lowest BCUT2D eigenvalue weighted by molar-refractivity contribution is 0.383. The van der Waals surface area contributed by atoms with E-state index in [1.807, 2.05) is 0 Å². The molecule has 0 radical (unpaired) electrons. The lowest BCUT2D eigenvalue weighted by Crippen LogP contribution is -2.49. The summed E-state index contributed by atoms with van der Waals surface area (Å²) in [7, 11) is -3.62. The van der Waals surface area contributed by atoms with Crippen molar-refractivity contribution >= 4 is 26.5 Å². The molecular formula is C32H45N3O2S2. The summed E-state index contributed by atoms with van der Waals surface area (Å²) in [6.45, 7) is 21.4. The topological polar surface area (TPSA) is 53.5 Å². The molecule has 0 unspecified atom stereocenters. The van der Waals surface area contributed by atoms with Crippen LogP contribution in [0.5, 0.6) is 0 Å². The number of benzene rings is 2. The molecule has 0 spiro atoms. The van der Waals surface area contributed by atoms with Crippen LogP contribution in [0, 0.1) is 20.8 Å². The van der Waals surface area contributed by atoms with Crippen molar-refractivity contribution in [3.05, 3.63) is 74.3 Å². The smallest absolute Gasteiger partial charge is 0.243 e. The van der Waals surface area contributed by atoms with Gasteiger partial charge in [0.2, 0.25) is 10.0 Å². The van der Waals surface area contributed by atoms with Crippen LogP contribution >= 0.6 is 11.3 Å². The molecule has 0 N–H and O–H groups in total. The van der Waals surface area contributed by atoms with Gasteiger partial charge in [0.1, 0.15) is 0 Å². The molecule has 4 rings (SSSR count). The van der Waals surface area contributed by atoms with Crippen LogP contribution < -0.4 is 4.90 Å². The summed E-state index contributed by atoms with van der Waals surface area (Å²) >= 11 is 1.66. The highest BCUT2D eigenvalue weighted by Crippen LogP contribution is 2.37. The van der Waals surface area contributed by atoms with Gasteiger partial charge < -0.3 is 4.90 Å².